The zero-order valence-corrected chi connectivity index (χ0v) is 9.65. The van der Waals surface area contributed by atoms with E-state index in [9.17, 15) is 4.79 Å². The van der Waals surface area contributed by atoms with E-state index in [-0.39, 0.29) is 0 Å². The minimum Gasteiger partial charge on any atom is -0.368 e. The number of primary amides is 1. The van der Waals surface area contributed by atoms with Gasteiger partial charge in [0.2, 0.25) is 5.91 Å². The van der Waals surface area contributed by atoms with Crippen molar-refractivity contribution in [3.63, 3.8) is 0 Å². The van der Waals surface area contributed by atoms with Crippen LogP contribution < -0.4 is 11.5 Å². The summed E-state index contributed by atoms with van der Waals surface area (Å²) in [6, 6.07) is -0.0127. The molecule has 5 heteroatoms. The smallest absolute Gasteiger partial charge is 0.235 e. The number of amides is 1. The predicted octanol–water partition coefficient (Wildman–Crippen LogP) is -1.17. The molecule has 1 unspecified atom stereocenters. The molecule has 4 N–H and O–H groups in total. The van der Waals surface area contributed by atoms with Gasteiger partial charge < -0.3 is 21.3 Å². The second-order valence-corrected chi connectivity index (χ2v) is 4.48. The average Bonchev–Trinajstić information content (AvgIpc) is 2.18. The van der Waals surface area contributed by atoms with Crippen molar-refractivity contribution in [3.8, 4) is 0 Å². The molecule has 1 rings (SSSR count). The van der Waals surface area contributed by atoms with Gasteiger partial charge in [0.15, 0.2) is 0 Å². The molecular formula is C10H22N4O. The Bertz CT molecular complexity index is 213. The number of carbonyl (C=O) groups excluding carboxylic acids is 1. The fourth-order valence-corrected chi connectivity index (χ4v) is 1.99. The highest BCUT2D eigenvalue weighted by Gasteiger charge is 2.22. The first-order chi connectivity index (χ1) is 7.00. The molecule has 0 aromatic rings. The third-order valence-corrected chi connectivity index (χ3v) is 3.16. The van der Waals surface area contributed by atoms with Crippen LogP contribution in [0.2, 0.25) is 0 Å². The highest BCUT2D eigenvalue weighted by Crippen LogP contribution is 2.13. The van der Waals surface area contributed by atoms with Crippen LogP contribution in [0.5, 0.6) is 0 Å². The maximum Gasteiger partial charge on any atom is 0.235 e. The van der Waals surface area contributed by atoms with E-state index in [0.29, 0.717) is 12.6 Å². The summed E-state index contributed by atoms with van der Waals surface area (Å²) in [7, 11) is 4.14. The van der Waals surface area contributed by atoms with E-state index in [0.717, 1.165) is 25.9 Å². The highest BCUT2D eigenvalue weighted by atomic mass is 16.1. The molecule has 0 aromatic heterocycles. The summed E-state index contributed by atoms with van der Waals surface area (Å²) in [6.45, 7) is 2.78. The standard InChI is InChI=1S/C10H22N4O/c1-13-5-3-8(4-6-13)14(2)7-9(11)10(12)15/h8-9H,3-7,11H2,1-2H3,(H2,12,15). The molecule has 0 aromatic carbocycles. The molecule has 0 aliphatic carbocycles. The highest BCUT2D eigenvalue weighted by molar-refractivity contribution is 5.79. The Kier molecular flexibility index (Phi) is 4.50. The fourth-order valence-electron chi connectivity index (χ4n) is 1.99. The third-order valence-electron chi connectivity index (χ3n) is 3.16. The summed E-state index contributed by atoms with van der Waals surface area (Å²) in [5.41, 5.74) is 10.8. The van der Waals surface area contributed by atoms with Crippen LogP contribution >= 0.6 is 0 Å². The molecule has 0 saturated carbocycles. The van der Waals surface area contributed by atoms with Crippen molar-refractivity contribution in [3.05, 3.63) is 0 Å². The van der Waals surface area contributed by atoms with Gasteiger partial charge in [-0.05, 0) is 40.0 Å². The van der Waals surface area contributed by atoms with Crippen LogP contribution in [0.1, 0.15) is 12.8 Å². The molecule has 1 aliphatic heterocycles. The van der Waals surface area contributed by atoms with Crippen LogP contribution in [0, 0.1) is 0 Å². The van der Waals surface area contributed by atoms with Crippen LogP contribution in [0.15, 0.2) is 0 Å². The zero-order valence-electron chi connectivity index (χ0n) is 9.65. The van der Waals surface area contributed by atoms with Crippen molar-refractivity contribution in [2.45, 2.75) is 24.9 Å². The summed E-state index contributed by atoms with van der Waals surface area (Å²) in [4.78, 5) is 15.3. The van der Waals surface area contributed by atoms with Crippen molar-refractivity contribution >= 4 is 5.91 Å². The molecule has 1 aliphatic rings. The molecule has 1 atom stereocenters. The van der Waals surface area contributed by atoms with Crippen LogP contribution in [0.25, 0.3) is 0 Å². The number of hydrogen-bond donors (Lipinski definition) is 2. The summed E-state index contributed by atoms with van der Waals surface area (Å²) < 4.78 is 0. The summed E-state index contributed by atoms with van der Waals surface area (Å²) >= 11 is 0. The van der Waals surface area contributed by atoms with Gasteiger partial charge >= 0.3 is 0 Å². The lowest BCUT2D eigenvalue weighted by molar-refractivity contribution is -0.119. The molecule has 15 heavy (non-hydrogen) atoms. The topological polar surface area (TPSA) is 75.6 Å². The number of rotatable bonds is 4. The van der Waals surface area contributed by atoms with E-state index in [4.69, 9.17) is 11.5 Å². The number of likely N-dealkylation sites (N-methyl/N-ethyl adjacent to an activating group) is 1. The van der Waals surface area contributed by atoms with Gasteiger partial charge in [0, 0.05) is 12.6 Å². The van der Waals surface area contributed by atoms with Gasteiger partial charge in [-0.25, -0.2) is 0 Å². The van der Waals surface area contributed by atoms with Crippen molar-refractivity contribution in [2.75, 3.05) is 33.7 Å². The van der Waals surface area contributed by atoms with Gasteiger partial charge in [-0.3, -0.25) is 4.79 Å². The summed E-state index contributed by atoms with van der Waals surface area (Å²) in [5, 5.41) is 0. The second-order valence-electron chi connectivity index (χ2n) is 4.48. The van der Waals surface area contributed by atoms with Gasteiger partial charge in [0.25, 0.3) is 0 Å². The van der Waals surface area contributed by atoms with E-state index in [2.05, 4.69) is 16.8 Å². The van der Waals surface area contributed by atoms with E-state index < -0.39 is 11.9 Å². The normalized spacial score (nSPS) is 21.9. The Labute approximate surface area is 91.4 Å². The van der Waals surface area contributed by atoms with Crippen molar-refractivity contribution < 1.29 is 4.79 Å². The maximum absolute atomic E-state index is 10.8. The van der Waals surface area contributed by atoms with E-state index in [1.165, 1.54) is 0 Å². The van der Waals surface area contributed by atoms with E-state index in [1.807, 2.05) is 7.05 Å². The van der Waals surface area contributed by atoms with Crippen molar-refractivity contribution in [1.82, 2.24) is 9.80 Å². The number of hydrogen-bond acceptors (Lipinski definition) is 4. The number of nitrogens with two attached hydrogens (primary N) is 2. The first kappa shape index (κ1) is 12.4. The van der Waals surface area contributed by atoms with Gasteiger partial charge in [0.05, 0.1) is 6.04 Å². The van der Waals surface area contributed by atoms with Gasteiger partial charge in [-0.1, -0.05) is 0 Å². The Morgan fingerprint density at radius 3 is 2.53 bits per heavy atom. The second kappa shape index (κ2) is 5.44. The number of carbonyl (C=O) groups is 1. The zero-order chi connectivity index (χ0) is 11.4. The lowest BCUT2D eigenvalue weighted by Crippen LogP contribution is -2.50. The van der Waals surface area contributed by atoms with Crippen molar-refractivity contribution in [2.24, 2.45) is 11.5 Å². The lowest BCUT2D eigenvalue weighted by Gasteiger charge is -2.35. The van der Waals surface area contributed by atoms with Crippen LogP contribution in [-0.2, 0) is 4.79 Å². The van der Waals surface area contributed by atoms with Crippen LogP contribution in [0.4, 0.5) is 0 Å². The molecule has 0 radical (unpaired) electrons. The average molecular weight is 214 g/mol. The molecule has 1 heterocycles. The Morgan fingerprint density at radius 2 is 2.07 bits per heavy atom. The van der Waals surface area contributed by atoms with Gasteiger partial charge in [-0.2, -0.15) is 0 Å². The Balaban J connectivity index is 2.33. The number of nitrogens with zero attached hydrogens (tertiary/aromatic N) is 2. The van der Waals surface area contributed by atoms with Gasteiger partial charge in [0.1, 0.15) is 0 Å². The molecule has 0 bridgehead atoms. The molecule has 1 amide bonds. The molecule has 0 spiro atoms. The first-order valence-corrected chi connectivity index (χ1v) is 5.44. The minimum atomic E-state index is -0.547. The Morgan fingerprint density at radius 1 is 1.53 bits per heavy atom. The number of piperidine rings is 1. The molecule has 88 valence electrons. The third kappa shape index (κ3) is 3.77. The predicted molar refractivity (Wildman–Crippen MR) is 60.3 cm³/mol. The lowest BCUT2D eigenvalue weighted by atomic mass is 10.0. The minimum absolute atomic E-state index is 0.422. The van der Waals surface area contributed by atoms with E-state index in [1.54, 1.807) is 0 Å². The van der Waals surface area contributed by atoms with E-state index >= 15 is 0 Å². The number of likely N-dealkylation sites (tertiary alicyclic amines) is 1. The first-order valence-electron chi connectivity index (χ1n) is 5.44. The van der Waals surface area contributed by atoms with Gasteiger partial charge in [-0.15, -0.1) is 0 Å². The molecule has 5 nitrogen and oxygen atoms in total. The monoisotopic (exact) mass is 214 g/mol. The van der Waals surface area contributed by atoms with Crippen molar-refractivity contribution in [1.29, 1.82) is 0 Å². The maximum atomic E-state index is 10.8. The quantitative estimate of drug-likeness (QED) is 0.618. The van der Waals surface area contributed by atoms with Crippen LogP contribution in [-0.4, -0.2) is 61.5 Å². The molecule has 1 fully saturated rings. The van der Waals surface area contributed by atoms with Crippen LogP contribution in [0.3, 0.4) is 0 Å². The fraction of sp³-hybridized carbons (Fsp3) is 0.900. The largest absolute Gasteiger partial charge is 0.368 e. The Hall–Kier alpha value is -0.650. The summed E-state index contributed by atoms with van der Waals surface area (Å²) in [6.07, 6.45) is 2.27. The summed E-state index contributed by atoms with van der Waals surface area (Å²) in [5.74, 6) is -0.422. The SMILES string of the molecule is CN1CCC(N(C)CC(N)C(N)=O)CC1. The molecule has 1 saturated heterocycles. The molecular weight excluding hydrogens is 192 g/mol.